The molecule has 1 aliphatic rings. The summed E-state index contributed by atoms with van der Waals surface area (Å²) in [6, 6.07) is 4.54. The SMILES string of the molecule is O=C1C=NC(c2cccc(C(F)(F)F)c2)O1. The number of cyclic esters (lactones) is 1. The maximum Gasteiger partial charge on any atom is 0.416 e. The van der Waals surface area contributed by atoms with E-state index in [0.29, 0.717) is 0 Å². The number of carbonyl (C=O) groups is 1. The van der Waals surface area contributed by atoms with E-state index in [9.17, 15) is 18.0 Å². The van der Waals surface area contributed by atoms with Gasteiger partial charge in [0.05, 0.1) is 5.56 Å². The average Bonchev–Trinajstić information content (AvgIpc) is 2.64. The van der Waals surface area contributed by atoms with Crippen molar-refractivity contribution in [2.24, 2.45) is 4.99 Å². The highest BCUT2D eigenvalue weighted by Gasteiger charge is 2.31. The smallest absolute Gasteiger partial charge is 0.416 e. The van der Waals surface area contributed by atoms with Crippen molar-refractivity contribution >= 4 is 12.2 Å². The minimum atomic E-state index is -4.41. The Kier molecular flexibility index (Phi) is 2.41. The van der Waals surface area contributed by atoms with Gasteiger partial charge in [0.15, 0.2) is 0 Å². The van der Waals surface area contributed by atoms with Gasteiger partial charge < -0.3 is 4.74 Å². The molecule has 1 aromatic rings. The van der Waals surface area contributed by atoms with Crippen LogP contribution in [0.15, 0.2) is 29.3 Å². The number of carbonyl (C=O) groups excluding carboxylic acids is 1. The lowest BCUT2D eigenvalue weighted by Crippen LogP contribution is -2.07. The molecule has 0 N–H and O–H groups in total. The summed E-state index contributed by atoms with van der Waals surface area (Å²) in [4.78, 5) is 14.4. The number of halogens is 3. The van der Waals surface area contributed by atoms with Gasteiger partial charge in [0.25, 0.3) is 0 Å². The second-order valence-corrected chi connectivity index (χ2v) is 3.19. The lowest BCUT2D eigenvalue weighted by molar-refractivity contribution is -0.138. The van der Waals surface area contributed by atoms with Crippen LogP contribution in [0.2, 0.25) is 0 Å². The minimum absolute atomic E-state index is 0.205. The molecule has 1 aromatic carbocycles. The Morgan fingerprint density at radius 1 is 1.31 bits per heavy atom. The second kappa shape index (κ2) is 3.62. The molecule has 0 aliphatic carbocycles. The third-order valence-corrected chi connectivity index (χ3v) is 2.04. The van der Waals surface area contributed by atoms with Gasteiger partial charge in [-0.1, -0.05) is 12.1 Å². The quantitative estimate of drug-likeness (QED) is 0.693. The molecule has 1 unspecified atom stereocenters. The topological polar surface area (TPSA) is 38.7 Å². The predicted octanol–water partition coefficient (Wildman–Crippen LogP) is 2.33. The molecule has 0 radical (unpaired) electrons. The maximum absolute atomic E-state index is 12.4. The highest BCUT2D eigenvalue weighted by Crippen LogP contribution is 2.32. The van der Waals surface area contributed by atoms with Gasteiger partial charge in [0.1, 0.15) is 6.21 Å². The van der Waals surface area contributed by atoms with E-state index < -0.39 is 23.9 Å². The molecule has 0 saturated heterocycles. The Hall–Kier alpha value is -1.85. The fraction of sp³-hybridized carbons (Fsp3) is 0.200. The van der Waals surface area contributed by atoms with Crippen LogP contribution in [0.25, 0.3) is 0 Å². The Bertz CT molecular complexity index is 454. The number of alkyl halides is 3. The molecule has 16 heavy (non-hydrogen) atoms. The fourth-order valence-electron chi connectivity index (χ4n) is 1.32. The number of benzene rings is 1. The zero-order valence-corrected chi connectivity index (χ0v) is 7.86. The fourth-order valence-corrected chi connectivity index (χ4v) is 1.32. The van der Waals surface area contributed by atoms with E-state index >= 15 is 0 Å². The number of hydrogen-bond acceptors (Lipinski definition) is 3. The van der Waals surface area contributed by atoms with E-state index in [1.807, 2.05) is 0 Å². The van der Waals surface area contributed by atoms with Crippen molar-refractivity contribution in [1.82, 2.24) is 0 Å². The summed E-state index contributed by atoms with van der Waals surface area (Å²) < 4.78 is 41.8. The zero-order chi connectivity index (χ0) is 11.8. The molecule has 0 amide bonds. The Morgan fingerprint density at radius 2 is 2.06 bits per heavy atom. The van der Waals surface area contributed by atoms with Crippen LogP contribution in [-0.2, 0) is 15.7 Å². The van der Waals surface area contributed by atoms with E-state index in [4.69, 9.17) is 0 Å². The molecule has 2 rings (SSSR count). The van der Waals surface area contributed by atoms with Crippen LogP contribution in [0, 0.1) is 0 Å². The summed E-state index contributed by atoms with van der Waals surface area (Å²) in [7, 11) is 0. The minimum Gasteiger partial charge on any atom is -0.431 e. The molecule has 3 nitrogen and oxygen atoms in total. The van der Waals surface area contributed by atoms with Crippen LogP contribution in [-0.4, -0.2) is 12.2 Å². The molecule has 1 aliphatic heterocycles. The molecule has 1 heterocycles. The Morgan fingerprint density at radius 3 is 2.62 bits per heavy atom. The van der Waals surface area contributed by atoms with E-state index in [-0.39, 0.29) is 5.56 Å². The highest BCUT2D eigenvalue weighted by atomic mass is 19.4. The number of ether oxygens (including phenoxy) is 1. The van der Waals surface area contributed by atoms with E-state index in [1.54, 1.807) is 0 Å². The third kappa shape index (κ3) is 2.05. The van der Waals surface area contributed by atoms with Crippen LogP contribution in [0.1, 0.15) is 17.4 Å². The molecule has 0 aromatic heterocycles. The van der Waals surface area contributed by atoms with Gasteiger partial charge in [0, 0.05) is 5.56 Å². The van der Waals surface area contributed by atoms with Gasteiger partial charge in [-0.25, -0.2) is 9.79 Å². The summed E-state index contributed by atoms with van der Waals surface area (Å²) in [5.41, 5.74) is -0.583. The number of rotatable bonds is 1. The summed E-state index contributed by atoms with van der Waals surface area (Å²) in [5.74, 6) is -0.651. The molecular formula is C10H6F3NO2. The van der Waals surface area contributed by atoms with Gasteiger partial charge in [-0.3, -0.25) is 0 Å². The molecule has 0 fully saturated rings. The Labute approximate surface area is 88.6 Å². The largest absolute Gasteiger partial charge is 0.431 e. The molecule has 0 bridgehead atoms. The number of esters is 1. The van der Waals surface area contributed by atoms with Crippen LogP contribution in [0.5, 0.6) is 0 Å². The van der Waals surface area contributed by atoms with Gasteiger partial charge in [-0.15, -0.1) is 0 Å². The Balaban J connectivity index is 2.30. The summed E-state index contributed by atoms with van der Waals surface area (Å²) >= 11 is 0. The van der Waals surface area contributed by atoms with Crippen molar-refractivity contribution in [3.05, 3.63) is 35.4 Å². The highest BCUT2D eigenvalue weighted by molar-refractivity contribution is 6.24. The van der Waals surface area contributed by atoms with Crippen molar-refractivity contribution in [1.29, 1.82) is 0 Å². The normalized spacial score (nSPS) is 19.9. The van der Waals surface area contributed by atoms with Crippen molar-refractivity contribution in [2.75, 3.05) is 0 Å². The first-order valence-electron chi connectivity index (χ1n) is 4.38. The van der Waals surface area contributed by atoms with Crippen LogP contribution in [0.3, 0.4) is 0 Å². The van der Waals surface area contributed by atoms with Gasteiger partial charge in [-0.2, -0.15) is 13.2 Å². The molecular weight excluding hydrogens is 223 g/mol. The number of hydrogen-bond donors (Lipinski definition) is 0. The van der Waals surface area contributed by atoms with Gasteiger partial charge in [-0.05, 0) is 12.1 Å². The van der Waals surface area contributed by atoms with Crippen LogP contribution >= 0.6 is 0 Å². The van der Waals surface area contributed by atoms with Crippen LogP contribution in [0.4, 0.5) is 13.2 Å². The summed E-state index contributed by atoms with van der Waals surface area (Å²) in [6.07, 6.45) is -4.43. The first kappa shape index (κ1) is 10.7. The zero-order valence-electron chi connectivity index (χ0n) is 7.86. The molecule has 0 saturated carbocycles. The number of aliphatic imine (C=N–C) groups is 1. The van der Waals surface area contributed by atoms with Crippen molar-refractivity contribution in [3.63, 3.8) is 0 Å². The monoisotopic (exact) mass is 229 g/mol. The molecule has 84 valence electrons. The van der Waals surface area contributed by atoms with Crippen LogP contribution < -0.4 is 0 Å². The molecule has 0 spiro atoms. The standard InChI is InChI=1S/C10H6F3NO2/c11-10(12,13)7-3-1-2-6(4-7)9-14-5-8(15)16-9/h1-5,9H. The first-order valence-corrected chi connectivity index (χ1v) is 4.38. The molecule has 1 atom stereocenters. The van der Waals surface area contributed by atoms with Gasteiger partial charge >= 0.3 is 12.1 Å². The van der Waals surface area contributed by atoms with E-state index in [0.717, 1.165) is 18.3 Å². The lowest BCUT2D eigenvalue weighted by Gasteiger charge is -2.11. The second-order valence-electron chi connectivity index (χ2n) is 3.19. The lowest BCUT2D eigenvalue weighted by atomic mass is 10.1. The number of nitrogens with zero attached hydrogens (tertiary/aromatic N) is 1. The third-order valence-electron chi connectivity index (χ3n) is 2.04. The molecule has 6 heteroatoms. The van der Waals surface area contributed by atoms with E-state index in [2.05, 4.69) is 9.73 Å². The average molecular weight is 229 g/mol. The van der Waals surface area contributed by atoms with E-state index in [1.165, 1.54) is 12.1 Å². The summed E-state index contributed by atoms with van der Waals surface area (Å²) in [5, 5.41) is 0. The summed E-state index contributed by atoms with van der Waals surface area (Å²) in [6.45, 7) is 0. The van der Waals surface area contributed by atoms with Crippen molar-refractivity contribution in [3.8, 4) is 0 Å². The predicted molar refractivity (Wildman–Crippen MR) is 48.8 cm³/mol. The van der Waals surface area contributed by atoms with Crippen molar-refractivity contribution in [2.45, 2.75) is 12.4 Å². The maximum atomic E-state index is 12.4. The van der Waals surface area contributed by atoms with Crippen molar-refractivity contribution < 1.29 is 22.7 Å². The van der Waals surface area contributed by atoms with Gasteiger partial charge in [0.2, 0.25) is 6.23 Å². The first-order chi connectivity index (χ1) is 7.47.